The van der Waals surface area contributed by atoms with Crippen LogP contribution in [0.2, 0.25) is 0 Å². The fraction of sp³-hybridized carbons (Fsp3) is 0.538. The second kappa shape index (κ2) is 7.25. The van der Waals surface area contributed by atoms with Crippen molar-refractivity contribution in [2.75, 3.05) is 6.61 Å². The molecular weight excluding hydrogens is 202 g/mol. The molecule has 16 heavy (non-hydrogen) atoms. The van der Waals surface area contributed by atoms with Crippen molar-refractivity contribution in [2.24, 2.45) is 0 Å². The van der Waals surface area contributed by atoms with Gasteiger partial charge in [-0.3, -0.25) is 0 Å². The van der Waals surface area contributed by atoms with Gasteiger partial charge in [0.2, 0.25) is 0 Å². The topological polar surface area (TPSA) is 34.4 Å². The van der Waals surface area contributed by atoms with E-state index in [9.17, 15) is 0 Å². The van der Waals surface area contributed by atoms with E-state index in [1.807, 2.05) is 12.1 Å². The molecule has 0 saturated heterocycles. The Labute approximate surface area is 97.5 Å². The number of hydrogen-bond acceptors (Lipinski definition) is 3. The van der Waals surface area contributed by atoms with Crippen LogP contribution in [0.4, 0.5) is 0 Å². The Hall–Kier alpha value is -1.06. The molecule has 0 radical (unpaired) electrons. The zero-order valence-electron chi connectivity index (χ0n) is 10.2. The minimum Gasteiger partial charge on any atom is -0.467 e. The molecule has 0 unspecified atom stereocenters. The van der Waals surface area contributed by atoms with Crippen LogP contribution in [0.3, 0.4) is 0 Å². The molecular formula is C13H21NO2. The van der Waals surface area contributed by atoms with Crippen LogP contribution < -0.4 is 5.32 Å². The Morgan fingerprint density at radius 3 is 3.06 bits per heavy atom. The van der Waals surface area contributed by atoms with E-state index < -0.39 is 0 Å². The largest absolute Gasteiger partial charge is 0.467 e. The van der Waals surface area contributed by atoms with Gasteiger partial charge in [0.25, 0.3) is 0 Å². The van der Waals surface area contributed by atoms with E-state index >= 15 is 0 Å². The molecule has 3 nitrogen and oxygen atoms in total. The van der Waals surface area contributed by atoms with Gasteiger partial charge >= 0.3 is 0 Å². The van der Waals surface area contributed by atoms with Crippen molar-refractivity contribution in [3.63, 3.8) is 0 Å². The molecule has 0 amide bonds. The predicted octanol–water partition coefficient (Wildman–Crippen LogP) is 2.87. The Balaban J connectivity index is 2.34. The number of ether oxygens (including phenoxy) is 1. The van der Waals surface area contributed by atoms with E-state index in [0.717, 1.165) is 18.7 Å². The molecule has 1 aromatic rings. The zero-order chi connectivity index (χ0) is 11.8. The van der Waals surface area contributed by atoms with Gasteiger partial charge in [0.1, 0.15) is 12.4 Å². The van der Waals surface area contributed by atoms with Crippen molar-refractivity contribution in [1.29, 1.82) is 0 Å². The van der Waals surface area contributed by atoms with Gasteiger partial charge in [-0.05, 0) is 12.5 Å². The number of hydrogen-bond donors (Lipinski definition) is 1. The molecule has 0 spiro atoms. The van der Waals surface area contributed by atoms with Gasteiger partial charge in [0.05, 0.1) is 12.9 Å². The summed E-state index contributed by atoms with van der Waals surface area (Å²) in [5.74, 6) is 0.914. The predicted molar refractivity (Wildman–Crippen MR) is 65.2 cm³/mol. The van der Waals surface area contributed by atoms with E-state index in [-0.39, 0.29) is 0 Å². The second-order valence-electron chi connectivity index (χ2n) is 4.03. The van der Waals surface area contributed by atoms with Gasteiger partial charge in [0, 0.05) is 18.2 Å². The molecule has 3 heteroatoms. The summed E-state index contributed by atoms with van der Waals surface area (Å²) in [6.07, 6.45) is 4.44. The summed E-state index contributed by atoms with van der Waals surface area (Å²) in [7, 11) is 0. The van der Waals surface area contributed by atoms with Crippen molar-refractivity contribution in [3.05, 3.63) is 36.3 Å². The third-order valence-corrected chi connectivity index (χ3v) is 2.24. The lowest BCUT2D eigenvalue weighted by atomic mass is 10.2. The number of rotatable bonds is 8. The summed E-state index contributed by atoms with van der Waals surface area (Å²) in [6.45, 7) is 9.96. The molecule has 0 atom stereocenters. The van der Waals surface area contributed by atoms with E-state index in [1.54, 1.807) is 6.26 Å². The highest BCUT2D eigenvalue weighted by Crippen LogP contribution is 2.12. The lowest BCUT2D eigenvalue weighted by Crippen LogP contribution is -2.22. The van der Waals surface area contributed by atoms with Crippen molar-refractivity contribution in [1.82, 2.24) is 5.32 Å². The molecule has 0 aliphatic rings. The fourth-order valence-corrected chi connectivity index (χ4v) is 1.30. The summed E-state index contributed by atoms with van der Waals surface area (Å²) in [6, 6.07) is 2.46. The maximum atomic E-state index is 5.47. The van der Waals surface area contributed by atoms with E-state index in [0.29, 0.717) is 19.3 Å². The first-order valence-electron chi connectivity index (χ1n) is 5.71. The summed E-state index contributed by atoms with van der Waals surface area (Å²) in [4.78, 5) is 0. The third-order valence-electron chi connectivity index (χ3n) is 2.24. The van der Waals surface area contributed by atoms with Crippen LogP contribution in [0.15, 0.2) is 29.4 Å². The minimum absolute atomic E-state index is 0.476. The zero-order valence-corrected chi connectivity index (χ0v) is 10.2. The average Bonchev–Trinajstić information content (AvgIpc) is 2.69. The van der Waals surface area contributed by atoms with Crippen LogP contribution >= 0.6 is 0 Å². The van der Waals surface area contributed by atoms with E-state index in [2.05, 4.69) is 25.7 Å². The highest BCUT2D eigenvalue weighted by atomic mass is 16.5. The normalized spacial score (nSPS) is 10.9. The summed E-state index contributed by atoms with van der Waals surface area (Å²) in [5.41, 5.74) is 1.17. The Morgan fingerprint density at radius 1 is 1.56 bits per heavy atom. The molecule has 90 valence electrons. The monoisotopic (exact) mass is 223 g/mol. The number of furan rings is 1. The van der Waals surface area contributed by atoms with Gasteiger partial charge in [-0.2, -0.15) is 0 Å². The first-order chi connectivity index (χ1) is 7.74. The quantitative estimate of drug-likeness (QED) is 0.543. The third kappa shape index (κ3) is 4.64. The lowest BCUT2D eigenvalue weighted by molar-refractivity contribution is 0.109. The molecule has 0 aliphatic carbocycles. The maximum Gasteiger partial charge on any atom is 0.133 e. The fourth-order valence-electron chi connectivity index (χ4n) is 1.30. The molecule has 1 rings (SSSR count). The summed E-state index contributed by atoms with van der Waals surface area (Å²) in [5, 5.41) is 3.36. The SMILES string of the molecule is C=CCCOCc1occc1CNC(C)C. The molecule has 0 saturated carbocycles. The first kappa shape index (κ1) is 13.0. The van der Waals surface area contributed by atoms with Gasteiger partial charge in [-0.25, -0.2) is 0 Å². The average molecular weight is 223 g/mol. The second-order valence-corrected chi connectivity index (χ2v) is 4.03. The van der Waals surface area contributed by atoms with Crippen LogP contribution in [0.5, 0.6) is 0 Å². The molecule has 0 aromatic carbocycles. The van der Waals surface area contributed by atoms with Gasteiger partial charge in [-0.15, -0.1) is 6.58 Å². The van der Waals surface area contributed by atoms with Crippen LogP contribution in [-0.4, -0.2) is 12.6 Å². The highest BCUT2D eigenvalue weighted by Gasteiger charge is 2.06. The van der Waals surface area contributed by atoms with Crippen molar-refractivity contribution in [3.8, 4) is 0 Å². The molecule has 1 heterocycles. The first-order valence-corrected chi connectivity index (χ1v) is 5.71. The minimum atomic E-state index is 0.476. The van der Waals surface area contributed by atoms with E-state index in [4.69, 9.17) is 9.15 Å². The highest BCUT2D eigenvalue weighted by molar-refractivity contribution is 5.16. The molecule has 1 N–H and O–H groups in total. The van der Waals surface area contributed by atoms with E-state index in [1.165, 1.54) is 5.56 Å². The van der Waals surface area contributed by atoms with Gasteiger partial charge in [-0.1, -0.05) is 19.9 Å². The smallest absolute Gasteiger partial charge is 0.133 e. The Kier molecular flexibility index (Phi) is 5.90. The van der Waals surface area contributed by atoms with Crippen LogP contribution in [0.25, 0.3) is 0 Å². The summed E-state index contributed by atoms with van der Waals surface area (Å²) >= 11 is 0. The van der Waals surface area contributed by atoms with Gasteiger partial charge < -0.3 is 14.5 Å². The Bertz CT molecular complexity index is 305. The van der Waals surface area contributed by atoms with Crippen LogP contribution in [-0.2, 0) is 17.9 Å². The Morgan fingerprint density at radius 2 is 2.38 bits per heavy atom. The van der Waals surface area contributed by atoms with Crippen LogP contribution in [0, 0.1) is 0 Å². The molecule has 0 bridgehead atoms. The lowest BCUT2D eigenvalue weighted by Gasteiger charge is -2.08. The standard InChI is InChI=1S/C13H21NO2/c1-4-5-7-15-10-13-12(6-8-16-13)9-14-11(2)3/h4,6,8,11,14H,1,5,7,9-10H2,2-3H3. The maximum absolute atomic E-state index is 5.47. The number of nitrogens with one attached hydrogen (secondary N) is 1. The van der Waals surface area contributed by atoms with Crippen molar-refractivity contribution < 1.29 is 9.15 Å². The van der Waals surface area contributed by atoms with Crippen molar-refractivity contribution in [2.45, 2.75) is 39.5 Å². The van der Waals surface area contributed by atoms with Crippen LogP contribution in [0.1, 0.15) is 31.6 Å². The summed E-state index contributed by atoms with van der Waals surface area (Å²) < 4.78 is 10.9. The molecule has 0 fully saturated rings. The van der Waals surface area contributed by atoms with Crippen molar-refractivity contribution >= 4 is 0 Å². The molecule has 0 aliphatic heterocycles. The molecule has 1 aromatic heterocycles. The van der Waals surface area contributed by atoms with Gasteiger partial charge in [0.15, 0.2) is 0 Å².